The lowest BCUT2D eigenvalue weighted by molar-refractivity contribution is -0.117. The lowest BCUT2D eigenvalue weighted by atomic mass is 10.3. The molecule has 0 saturated heterocycles. The number of para-hydroxylation sites is 2. The summed E-state index contributed by atoms with van der Waals surface area (Å²) in [5.74, 6) is -0.0829. The SMILES string of the molecule is C[C@H](Sc1nc2c(cnn2-c2ccccc2)c(=O)[nH]1)C(=O)N(C)c1ccccc1. The molecule has 2 aromatic heterocycles. The summed E-state index contributed by atoms with van der Waals surface area (Å²) < 4.78 is 1.62. The number of anilines is 1. The van der Waals surface area contributed by atoms with Crippen LogP contribution in [-0.4, -0.2) is 38.0 Å². The van der Waals surface area contributed by atoms with Gasteiger partial charge in [-0.2, -0.15) is 5.10 Å². The van der Waals surface area contributed by atoms with E-state index in [9.17, 15) is 9.59 Å². The van der Waals surface area contributed by atoms with Crippen molar-refractivity contribution in [1.29, 1.82) is 0 Å². The van der Waals surface area contributed by atoms with E-state index in [1.807, 2.05) is 60.7 Å². The Morgan fingerprint density at radius 1 is 1.10 bits per heavy atom. The Morgan fingerprint density at radius 3 is 2.45 bits per heavy atom. The molecule has 1 N–H and O–H groups in total. The van der Waals surface area contributed by atoms with Gasteiger partial charge in [-0.25, -0.2) is 9.67 Å². The van der Waals surface area contributed by atoms with Gasteiger partial charge in [0.15, 0.2) is 10.8 Å². The second kappa shape index (κ2) is 7.92. The number of benzene rings is 2. The van der Waals surface area contributed by atoms with Crippen LogP contribution in [0.1, 0.15) is 6.92 Å². The van der Waals surface area contributed by atoms with E-state index >= 15 is 0 Å². The predicted octanol–water partition coefficient (Wildman–Crippen LogP) is 3.25. The first kappa shape index (κ1) is 18.9. The molecule has 4 rings (SSSR count). The number of amides is 1. The third kappa shape index (κ3) is 3.79. The number of carbonyl (C=O) groups excluding carboxylic acids is 1. The average molecular weight is 405 g/mol. The summed E-state index contributed by atoms with van der Waals surface area (Å²) in [6, 6.07) is 18.9. The molecule has 146 valence electrons. The van der Waals surface area contributed by atoms with Crippen LogP contribution in [0.3, 0.4) is 0 Å². The molecule has 4 aromatic rings. The second-order valence-electron chi connectivity index (χ2n) is 6.49. The molecule has 0 fully saturated rings. The third-order valence-corrected chi connectivity index (χ3v) is 5.50. The third-order valence-electron chi connectivity index (χ3n) is 4.53. The van der Waals surface area contributed by atoms with Crippen molar-refractivity contribution in [3.63, 3.8) is 0 Å². The highest BCUT2D eigenvalue weighted by Gasteiger charge is 2.22. The van der Waals surface area contributed by atoms with E-state index in [-0.39, 0.29) is 11.5 Å². The molecule has 29 heavy (non-hydrogen) atoms. The number of hydrogen-bond acceptors (Lipinski definition) is 5. The average Bonchev–Trinajstić information content (AvgIpc) is 3.18. The van der Waals surface area contributed by atoms with Gasteiger partial charge in [-0.15, -0.1) is 0 Å². The molecule has 7 nitrogen and oxygen atoms in total. The molecular formula is C21H19N5O2S. The van der Waals surface area contributed by atoms with Crippen LogP contribution < -0.4 is 10.5 Å². The number of H-pyrrole nitrogens is 1. The summed E-state index contributed by atoms with van der Waals surface area (Å²) >= 11 is 1.21. The maximum Gasteiger partial charge on any atom is 0.262 e. The van der Waals surface area contributed by atoms with Crippen LogP contribution in [0.15, 0.2) is 76.8 Å². The van der Waals surface area contributed by atoms with E-state index in [1.54, 1.807) is 23.6 Å². The highest BCUT2D eigenvalue weighted by molar-refractivity contribution is 8.00. The number of rotatable bonds is 5. The monoisotopic (exact) mass is 405 g/mol. The Morgan fingerprint density at radius 2 is 1.76 bits per heavy atom. The number of carbonyl (C=O) groups is 1. The van der Waals surface area contributed by atoms with Crippen LogP contribution in [0.25, 0.3) is 16.7 Å². The van der Waals surface area contributed by atoms with Crippen LogP contribution >= 0.6 is 11.8 Å². The van der Waals surface area contributed by atoms with Crippen molar-refractivity contribution < 1.29 is 4.79 Å². The Kier molecular flexibility index (Phi) is 5.18. The first-order valence-electron chi connectivity index (χ1n) is 9.07. The lowest BCUT2D eigenvalue weighted by Crippen LogP contribution is -2.33. The van der Waals surface area contributed by atoms with Crippen molar-refractivity contribution in [2.24, 2.45) is 0 Å². The van der Waals surface area contributed by atoms with Crippen LogP contribution in [-0.2, 0) is 4.79 Å². The number of fused-ring (bicyclic) bond motifs is 1. The number of hydrogen-bond donors (Lipinski definition) is 1. The summed E-state index contributed by atoms with van der Waals surface area (Å²) in [6.07, 6.45) is 1.50. The molecule has 0 aliphatic carbocycles. The summed E-state index contributed by atoms with van der Waals surface area (Å²) in [7, 11) is 1.73. The summed E-state index contributed by atoms with van der Waals surface area (Å²) in [5.41, 5.74) is 1.79. The Balaban J connectivity index is 1.63. The van der Waals surface area contributed by atoms with Crippen molar-refractivity contribution in [1.82, 2.24) is 19.7 Å². The standard InChI is InChI=1S/C21H19N5O2S/c1-14(20(28)25(2)15-9-5-3-6-10-15)29-21-23-18-17(19(27)24-21)13-22-26(18)16-11-7-4-8-12-16/h3-14H,1-2H3,(H,23,24,27)/t14-/m0/s1. The quantitative estimate of drug-likeness (QED) is 0.407. The van der Waals surface area contributed by atoms with Crippen molar-refractivity contribution in [2.75, 3.05) is 11.9 Å². The van der Waals surface area contributed by atoms with Gasteiger partial charge >= 0.3 is 0 Å². The van der Waals surface area contributed by atoms with Gasteiger partial charge in [-0.1, -0.05) is 48.2 Å². The van der Waals surface area contributed by atoms with Crippen LogP contribution in [0.4, 0.5) is 5.69 Å². The van der Waals surface area contributed by atoms with Crippen LogP contribution in [0.2, 0.25) is 0 Å². The normalized spacial score (nSPS) is 12.1. The zero-order valence-corrected chi connectivity index (χ0v) is 16.8. The highest BCUT2D eigenvalue weighted by atomic mass is 32.2. The molecule has 1 atom stereocenters. The summed E-state index contributed by atoms with van der Waals surface area (Å²) in [6.45, 7) is 1.80. The van der Waals surface area contributed by atoms with Crippen molar-refractivity contribution in [2.45, 2.75) is 17.3 Å². The Bertz CT molecular complexity index is 1200. The summed E-state index contributed by atoms with van der Waals surface area (Å²) in [5, 5.41) is 4.64. The van der Waals surface area contributed by atoms with E-state index in [0.29, 0.717) is 16.2 Å². The minimum absolute atomic E-state index is 0.0829. The van der Waals surface area contributed by atoms with Crippen LogP contribution in [0.5, 0.6) is 0 Å². The number of aromatic amines is 1. The van der Waals surface area contributed by atoms with Gasteiger partial charge in [0.1, 0.15) is 5.39 Å². The molecule has 2 heterocycles. The Labute approximate surface area is 171 Å². The predicted molar refractivity (Wildman–Crippen MR) is 115 cm³/mol. The van der Waals surface area contributed by atoms with Crippen molar-refractivity contribution in [3.05, 3.63) is 77.2 Å². The van der Waals surface area contributed by atoms with Gasteiger partial charge in [0.2, 0.25) is 5.91 Å². The number of nitrogens with zero attached hydrogens (tertiary/aromatic N) is 4. The molecule has 8 heteroatoms. The minimum atomic E-state index is -0.436. The molecule has 0 unspecified atom stereocenters. The molecule has 2 aromatic carbocycles. The van der Waals surface area contributed by atoms with Gasteiger partial charge in [-0.3, -0.25) is 9.59 Å². The zero-order chi connectivity index (χ0) is 20.4. The topological polar surface area (TPSA) is 83.9 Å². The summed E-state index contributed by atoms with van der Waals surface area (Å²) in [4.78, 5) is 34.2. The minimum Gasteiger partial charge on any atom is -0.315 e. The van der Waals surface area contributed by atoms with Crippen molar-refractivity contribution >= 4 is 34.4 Å². The van der Waals surface area contributed by atoms with Gasteiger partial charge in [0.25, 0.3) is 5.56 Å². The van der Waals surface area contributed by atoms with Crippen molar-refractivity contribution in [3.8, 4) is 5.69 Å². The fourth-order valence-electron chi connectivity index (χ4n) is 2.98. The lowest BCUT2D eigenvalue weighted by Gasteiger charge is -2.20. The van der Waals surface area contributed by atoms with Crippen LogP contribution in [0, 0.1) is 0 Å². The number of aromatic nitrogens is 4. The molecule has 0 aliphatic heterocycles. The van der Waals surface area contributed by atoms with Gasteiger partial charge in [-0.05, 0) is 31.2 Å². The number of thioether (sulfide) groups is 1. The van der Waals surface area contributed by atoms with E-state index < -0.39 is 5.25 Å². The fraction of sp³-hybridized carbons (Fsp3) is 0.143. The molecule has 0 bridgehead atoms. The molecule has 0 saturated carbocycles. The molecular weight excluding hydrogens is 386 g/mol. The second-order valence-corrected chi connectivity index (χ2v) is 7.82. The molecule has 0 radical (unpaired) electrons. The fourth-order valence-corrected chi connectivity index (χ4v) is 3.87. The zero-order valence-electron chi connectivity index (χ0n) is 15.9. The van der Waals surface area contributed by atoms with Gasteiger partial charge < -0.3 is 9.88 Å². The number of nitrogens with one attached hydrogen (secondary N) is 1. The maximum atomic E-state index is 12.8. The van der Waals surface area contributed by atoms with E-state index in [1.165, 1.54) is 18.0 Å². The smallest absolute Gasteiger partial charge is 0.262 e. The first-order valence-corrected chi connectivity index (χ1v) is 9.95. The Hall–Kier alpha value is -3.39. The van der Waals surface area contributed by atoms with Gasteiger partial charge in [0, 0.05) is 12.7 Å². The van der Waals surface area contributed by atoms with E-state index in [2.05, 4.69) is 15.1 Å². The van der Waals surface area contributed by atoms with E-state index in [4.69, 9.17) is 0 Å². The molecule has 0 aliphatic rings. The molecule has 0 spiro atoms. The first-order chi connectivity index (χ1) is 14.0. The largest absolute Gasteiger partial charge is 0.315 e. The maximum absolute atomic E-state index is 12.8. The molecule has 1 amide bonds. The highest BCUT2D eigenvalue weighted by Crippen LogP contribution is 2.24. The van der Waals surface area contributed by atoms with Gasteiger partial charge in [0.05, 0.1) is 17.1 Å². The van der Waals surface area contributed by atoms with E-state index in [0.717, 1.165) is 11.4 Å².